The fourth-order valence-electron chi connectivity index (χ4n) is 1.19. The maximum absolute atomic E-state index is 12.7. The molecule has 1 nitrogen and oxygen atoms in total. The van der Waals surface area contributed by atoms with Crippen molar-refractivity contribution in [1.82, 2.24) is 5.32 Å². The minimum absolute atomic E-state index is 0.0430. The molecule has 0 saturated heterocycles. The van der Waals surface area contributed by atoms with Crippen molar-refractivity contribution >= 4 is 0 Å². The molecule has 1 N–H and O–H groups in total. The van der Waals surface area contributed by atoms with Crippen LogP contribution in [0.25, 0.3) is 0 Å². The van der Waals surface area contributed by atoms with E-state index in [0.29, 0.717) is 0 Å². The highest BCUT2D eigenvalue weighted by atomic mass is 19.1. The largest absolute Gasteiger partial charge is 0.307 e. The molecule has 0 aromatic heterocycles. The minimum atomic E-state index is -0.182. The van der Waals surface area contributed by atoms with Gasteiger partial charge in [0.2, 0.25) is 0 Å². The number of benzene rings is 1. The lowest BCUT2D eigenvalue weighted by molar-refractivity contribution is 0.175. The summed E-state index contributed by atoms with van der Waals surface area (Å²) in [5.74, 6) is -0.182. The summed E-state index contributed by atoms with van der Waals surface area (Å²) >= 11 is 0. The molecular weight excluding hydrogens is 201 g/mol. The quantitative estimate of drug-likeness (QED) is 0.823. The van der Waals surface area contributed by atoms with Gasteiger partial charge in [0.1, 0.15) is 5.82 Å². The zero-order valence-electron chi connectivity index (χ0n) is 10.9. The molecule has 0 atom stereocenters. The number of hydrogen-bond donors (Lipinski definition) is 1. The molecule has 0 radical (unpaired) electrons. The van der Waals surface area contributed by atoms with E-state index in [9.17, 15) is 4.39 Å². The van der Waals surface area contributed by atoms with Crippen LogP contribution in [0.4, 0.5) is 4.39 Å². The summed E-state index contributed by atoms with van der Waals surface area (Å²) in [5, 5.41) is 3.51. The van der Waals surface area contributed by atoms with Crippen LogP contribution in [0.3, 0.4) is 0 Å². The molecule has 1 aromatic carbocycles. The van der Waals surface area contributed by atoms with Gasteiger partial charge in [-0.1, -0.05) is 32.9 Å². The molecule has 0 aliphatic heterocycles. The van der Waals surface area contributed by atoms with E-state index in [0.717, 1.165) is 12.1 Å². The molecule has 0 amide bonds. The Bertz CT molecular complexity index is 333. The maximum atomic E-state index is 12.7. The third-order valence-corrected chi connectivity index (χ3v) is 3.52. The second-order valence-electron chi connectivity index (χ2n) is 5.86. The standard InChI is InChI=1S/C14H22FN/c1-13(2,3)14(4,5)16-10-11-6-8-12(15)9-7-11/h6-9,16H,10H2,1-5H3. The minimum Gasteiger partial charge on any atom is -0.307 e. The van der Waals surface area contributed by atoms with Crippen LogP contribution in [0.5, 0.6) is 0 Å². The van der Waals surface area contributed by atoms with Gasteiger partial charge < -0.3 is 5.32 Å². The van der Waals surface area contributed by atoms with Crippen LogP contribution in [0, 0.1) is 11.2 Å². The zero-order chi connectivity index (χ0) is 12.4. The highest BCUT2D eigenvalue weighted by Gasteiger charge is 2.31. The van der Waals surface area contributed by atoms with Crippen molar-refractivity contribution in [2.75, 3.05) is 0 Å². The van der Waals surface area contributed by atoms with Gasteiger partial charge >= 0.3 is 0 Å². The molecule has 1 rings (SSSR count). The maximum Gasteiger partial charge on any atom is 0.123 e. The molecule has 2 heteroatoms. The first-order chi connectivity index (χ1) is 7.22. The number of halogens is 1. The molecule has 0 aliphatic carbocycles. The first-order valence-electron chi connectivity index (χ1n) is 5.72. The Hall–Kier alpha value is -0.890. The molecule has 1 aromatic rings. The Morgan fingerprint density at radius 3 is 1.94 bits per heavy atom. The predicted octanol–water partition coefficient (Wildman–Crippen LogP) is 3.74. The fraction of sp³-hybridized carbons (Fsp3) is 0.571. The third-order valence-electron chi connectivity index (χ3n) is 3.52. The van der Waals surface area contributed by atoms with Crippen LogP contribution < -0.4 is 5.32 Å². The Balaban J connectivity index is 2.61. The van der Waals surface area contributed by atoms with Crippen molar-refractivity contribution in [3.05, 3.63) is 35.6 Å². The number of hydrogen-bond acceptors (Lipinski definition) is 1. The second kappa shape index (κ2) is 4.54. The van der Waals surface area contributed by atoms with Crippen molar-refractivity contribution in [3.63, 3.8) is 0 Å². The van der Waals surface area contributed by atoms with E-state index in [1.165, 1.54) is 12.1 Å². The van der Waals surface area contributed by atoms with Crippen LogP contribution in [0.15, 0.2) is 24.3 Å². The summed E-state index contributed by atoms with van der Waals surface area (Å²) in [6.45, 7) is 11.8. The molecule has 90 valence electrons. The highest BCUT2D eigenvalue weighted by molar-refractivity contribution is 5.16. The normalized spacial score (nSPS) is 12.9. The Labute approximate surface area is 98.1 Å². The molecular formula is C14H22FN. The second-order valence-corrected chi connectivity index (χ2v) is 5.86. The molecule has 0 heterocycles. The zero-order valence-corrected chi connectivity index (χ0v) is 10.9. The van der Waals surface area contributed by atoms with Crippen LogP contribution in [0.1, 0.15) is 40.2 Å². The van der Waals surface area contributed by atoms with Crippen LogP contribution in [-0.2, 0) is 6.54 Å². The SMILES string of the molecule is CC(C)(C)C(C)(C)NCc1ccc(F)cc1. The third kappa shape index (κ3) is 3.31. The molecule has 0 saturated carbocycles. The summed E-state index contributed by atoms with van der Waals surface area (Å²) in [5.41, 5.74) is 1.34. The molecule has 0 fully saturated rings. The van der Waals surface area contributed by atoms with Crippen molar-refractivity contribution in [3.8, 4) is 0 Å². The lowest BCUT2D eigenvalue weighted by Crippen LogP contribution is -2.49. The predicted molar refractivity (Wildman–Crippen MR) is 66.8 cm³/mol. The van der Waals surface area contributed by atoms with E-state index in [2.05, 4.69) is 39.9 Å². The first-order valence-corrected chi connectivity index (χ1v) is 5.72. The van der Waals surface area contributed by atoms with Gasteiger partial charge in [0, 0.05) is 12.1 Å². The lowest BCUT2D eigenvalue weighted by Gasteiger charge is -2.40. The average molecular weight is 223 g/mol. The van der Waals surface area contributed by atoms with E-state index in [4.69, 9.17) is 0 Å². The summed E-state index contributed by atoms with van der Waals surface area (Å²) in [6, 6.07) is 6.64. The topological polar surface area (TPSA) is 12.0 Å². The van der Waals surface area contributed by atoms with Crippen LogP contribution in [-0.4, -0.2) is 5.54 Å². The average Bonchev–Trinajstić information content (AvgIpc) is 2.15. The lowest BCUT2D eigenvalue weighted by atomic mass is 9.76. The highest BCUT2D eigenvalue weighted by Crippen LogP contribution is 2.29. The molecule has 0 spiro atoms. The van der Waals surface area contributed by atoms with Gasteiger partial charge in [-0.25, -0.2) is 4.39 Å². The monoisotopic (exact) mass is 223 g/mol. The van der Waals surface area contributed by atoms with Crippen molar-refractivity contribution in [1.29, 1.82) is 0 Å². The smallest absolute Gasteiger partial charge is 0.123 e. The van der Waals surface area contributed by atoms with E-state index in [-0.39, 0.29) is 16.8 Å². The summed E-state index contributed by atoms with van der Waals surface area (Å²) < 4.78 is 12.7. The fourth-order valence-corrected chi connectivity index (χ4v) is 1.19. The van der Waals surface area contributed by atoms with Crippen molar-refractivity contribution in [2.24, 2.45) is 5.41 Å². The molecule has 0 aliphatic rings. The van der Waals surface area contributed by atoms with Crippen molar-refractivity contribution < 1.29 is 4.39 Å². The van der Waals surface area contributed by atoms with Gasteiger partial charge in [0.05, 0.1) is 0 Å². The van der Waals surface area contributed by atoms with E-state index < -0.39 is 0 Å². The molecule has 16 heavy (non-hydrogen) atoms. The van der Waals surface area contributed by atoms with Gasteiger partial charge in [-0.2, -0.15) is 0 Å². The molecule has 0 unspecified atom stereocenters. The Morgan fingerprint density at radius 2 is 1.50 bits per heavy atom. The van der Waals surface area contributed by atoms with Gasteiger partial charge in [-0.05, 0) is 37.0 Å². The molecule has 0 bridgehead atoms. The Morgan fingerprint density at radius 1 is 1.00 bits per heavy atom. The van der Waals surface area contributed by atoms with Crippen LogP contribution in [0.2, 0.25) is 0 Å². The van der Waals surface area contributed by atoms with Crippen molar-refractivity contribution in [2.45, 2.75) is 46.7 Å². The summed E-state index contributed by atoms with van der Waals surface area (Å²) in [4.78, 5) is 0. The summed E-state index contributed by atoms with van der Waals surface area (Å²) in [6.07, 6.45) is 0. The first kappa shape index (κ1) is 13.2. The number of rotatable bonds is 3. The van der Waals surface area contributed by atoms with Gasteiger partial charge in [0.25, 0.3) is 0 Å². The number of nitrogens with one attached hydrogen (secondary N) is 1. The van der Waals surface area contributed by atoms with Gasteiger partial charge in [-0.15, -0.1) is 0 Å². The summed E-state index contributed by atoms with van der Waals surface area (Å²) in [7, 11) is 0. The van der Waals surface area contributed by atoms with Gasteiger partial charge in [-0.3, -0.25) is 0 Å². The Kier molecular flexibility index (Phi) is 3.74. The van der Waals surface area contributed by atoms with E-state index in [1.807, 2.05) is 12.1 Å². The van der Waals surface area contributed by atoms with Crippen LogP contribution >= 0.6 is 0 Å². The van der Waals surface area contributed by atoms with E-state index >= 15 is 0 Å². The van der Waals surface area contributed by atoms with Gasteiger partial charge in [0.15, 0.2) is 0 Å². The van der Waals surface area contributed by atoms with E-state index in [1.54, 1.807) is 0 Å².